The third-order valence-corrected chi connectivity index (χ3v) is 5.13. The third kappa shape index (κ3) is 4.37. The molecule has 0 spiro atoms. The monoisotopic (exact) mass is 406 g/mol. The predicted molar refractivity (Wildman–Crippen MR) is 106 cm³/mol. The van der Waals surface area contributed by atoms with Crippen molar-refractivity contribution < 1.29 is 14.3 Å². The molecule has 5 nitrogen and oxygen atoms in total. The first kappa shape index (κ1) is 19.5. The number of rotatable bonds is 3. The molecule has 0 aromatic heterocycles. The van der Waals surface area contributed by atoms with E-state index >= 15 is 0 Å². The SMILES string of the molecule is COc1ccc(Cl)cc1C(=O)N1CCCN(C(=O)c2ccccc2Cl)CC1. The Morgan fingerprint density at radius 3 is 2.15 bits per heavy atom. The standard InChI is InChI=1S/C20H20Cl2N2O3/c1-27-18-8-7-14(21)13-16(18)20(26)24-10-4-9-23(11-12-24)19(25)15-5-2-3-6-17(15)22/h2-3,5-8,13H,4,9-12H2,1H3. The van der Waals surface area contributed by atoms with E-state index in [1.807, 2.05) is 0 Å². The summed E-state index contributed by atoms with van der Waals surface area (Å²) >= 11 is 12.2. The molecule has 1 aliphatic heterocycles. The van der Waals surface area contributed by atoms with Crippen LogP contribution in [0.5, 0.6) is 5.75 Å². The van der Waals surface area contributed by atoms with Gasteiger partial charge in [-0.2, -0.15) is 0 Å². The third-order valence-electron chi connectivity index (χ3n) is 4.57. The molecule has 0 saturated carbocycles. The molecule has 1 aliphatic rings. The number of carbonyl (C=O) groups is 2. The van der Waals surface area contributed by atoms with Crippen molar-refractivity contribution in [1.82, 2.24) is 9.80 Å². The molecule has 7 heteroatoms. The fraction of sp³-hybridized carbons (Fsp3) is 0.300. The Balaban J connectivity index is 1.73. The minimum Gasteiger partial charge on any atom is -0.496 e. The van der Waals surface area contributed by atoms with Crippen LogP contribution in [-0.2, 0) is 0 Å². The number of benzene rings is 2. The van der Waals surface area contributed by atoms with E-state index in [4.69, 9.17) is 27.9 Å². The average Bonchev–Trinajstić information content (AvgIpc) is 2.93. The van der Waals surface area contributed by atoms with Crippen LogP contribution in [0, 0.1) is 0 Å². The highest BCUT2D eigenvalue weighted by molar-refractivity contribution is 6.33. The normalized spacial score (nSPS) is 14.6. The number of amides is 2. The van der Waals surface area contributed by atoms with Crippen LogP contribution in [-0.4, -0.2) is 54.9 Å². The molecule has 2 aromatic rings. The zero-order valence-electron chi connectivity index (χ0n) is 15.0. The van der Waals surface area contributed by atoms with Crippen LogP contribution in [0.25, 0.3) is 0 Å². The molecule has 0 bridgehead atoms. The van der Waals surface area contributed by atoms with E-state index in [2.05, 4.69) is 0 Å². The first-order chi connectivity index (χ1) is 13.0. The minimum absolute atomic E-state index is 0.116. The molecule has 0 aliphatic carbocycles. The summed E-state index contributed by atoms with van der Waals surface area (Å²) in [6.45, 7) is 2.00. The van der Waals surface area contributed by atoms with Crippen molar-refractivity contribution in [2.45, 2.75) is 6.42 Å². The first-order valence-electron chi connectivity index (χ1n) is 8.68. The predicted octanol–water partition coefficient (Wildman–Crippen LogP) is 3.99. The van der Waals surface area contributed by atoms with Gasteiger partial charge in [-0.3, -0.25) is 9.59 Å². The Labute approximate surface area is 168 Å². The summed E-state index contributed by atoms with van der Waals surface area (Å²) in [5.41, 5.74) is 0.909. The molecule has 2 aromatic carbocycles. The second-order valence-corrected chi connectivity index (χ2v) is 7.11. The fourth-order valence-corrected chi connectivity index (χ4v) is 3.53. The van der Waals surface area contributed by atoms with Crippen LogP contribution in [0.4, 0.5) is 0 Å². The fourth-order valence-electron chi connectivity index (χ4n) is 3.15. The maximum atomic E-state index is 12.9. The lowest BCUT2D eigenvalue weighted by Crippen LogP contribution is -2.37. The highest BCUT2D eigenvalue weighted by atomic mass is 35.5. The van der Waals surface area contributed by atoms with Crippen molar-refractivity contribution in [3.05, 3.63) is 63.6 Å². The maximum absolute atomic E-state index is 12.9. The molecule has 1 saturated heterocycles. The van der Waals surface area contributed by atoms with Gasteiger partial charge in [0, 0.05) is 31.2 Å². The Bertz CT molecular complexity index is 857. The van der Waals surface area contributed by atoms with E-state index < -0.39 is 0 Å². The van der Waals surface area contributed by atoms with Crippen LogP contribution in [0.15, 0.2) is 42.5 Å². The Morgan fingerprint density at radius 2 is 1.52 bits per heavy atom. The van der Waals surface area contributed by atoms with Gasteiger partial charge >= 0.3 is 0 Å². The lowest BCUT2D eigenvalue weighted by molar-refractivity contribution is 0.0717. The number of ether oxygens (including phenoxy) is 1. The van der Waals surface area contributed by atoms with Gasteiger partial charge in [0.25, 0.3) is 11.8 Å². The van der Waals surface area contributed by atoms with Gasteiger partial charge in [-0.15, -0.1) is 0 Å². The van der Waals surface area contributed by atoms with Gasteiger partial charge < -0.3 is 14.5 Å². The average molecular weight is 407 g/mol. The van der Waals surface area contributed by atoms with Crippen molar-refractivity contribution in [1.29, 1.82) is 0 Å². The molecule has 0 unspecified atom stereocenters. The molecule has 2 amide bonds. The number of methoxy groups -OCH3 is 1. The summed E-state index contributed by atoms with van der Waals surface area (Å²) < 4.78 is 5.29. The Hall–Kier alpha value is -2.24. The number of carbonyl (C=O) groups excluding carboxylic acids is 2. The summed E-state index contributed by atoms with van der Waals surface area (Å²) in [6.07, 6.45) is 0.685. The van der Waals surface area contributed by atoms with Gasteiger partial charge in [0.1, 0.15) is 5.75 Å². The van der Waals surface area contributed by atoms with E-state index in [0.29, 0.717) is 59.5 Å². The number of nitrogens with zero attached hydrogens (tertiary/aromatic N) is 2. The van der Waals surface area contributed by atoms with Crippen LogP contribution >= 0.6 is 23.2 Å². The molecule has 3 rings (SSSR count). The summed E-state index contributed by atoms with van der Waals surface area (Å²) in [5, 5.41) is 0.910. The number of hydrogen-bond acceptors (Lipinski definition) is 3. The van der Waals surface area contributed by atoms with Gasteiger partial charge in [-0.25, -0.2) is 0 Å². The Morgan fingerprint density at radius 1 is 0.889 bits per heavy atom. The molecule has 0 N–H and O–H groups in total. The van der Waals surface area contributed by atoms with Crippen molar-refractivity contribution in [3.8, 4) is 5.75 Å². The van der Waals surface area contributed by atoms with Gasteiger partial charge in [0.05, 0.1) is 23.3 Å². The lowest BCUT2D eigenvalue weighted by atomic mass is 10.1. The maximum Gasteiger partial charge on any atom is 0.257 e. The van der Waals surface area contributed by atoms with Crippen LogP contribution < -0.4 is 4.74 Å². The zero-order valence-corrected chi connectivity index (χ0v) is 16.5. The van der Waals surface area contributed by atoms with Crippen molar-refractivity contribution >= 4 is 35.0 Å². The van der Waals surface area contributed by atoms with E-state index in [-0.39, 0.29) is 11.8 Å². The molecule has 142 valence electrons. The molecule has 0 radical (unpaired) electrons. The Kier molecular flexibility index (Phi) is 6.24. The van der Waals surface area contributed by atoms with Gasteiger partial charge in [-0.1, -0.05) is 35.3 Å². The molecule has 1 heterocycles. The van der Waals surface area contributed by atoms with Crippen molar-refractivity contribution in [3.63, 3.8) is 0 Å². The van der Waals surface area contributed by atoms with E-state index in [1.165, 1.54) is 7.11 Å². The topological polar surface area (TPSA) is 49.9 Å². The quantitative estimate of drug-likeness (QED) is 0.773. The van der Waals surface area contributed by atoms with Crippen molar-refractivity contribution in [2.24, 2.45) is 0 Å². The zero-order chi connectivity index (χ0) is 19.4. The highest BCUT2D eigenvalue weighted by Gasteiger charge is 2.26. The minimum atomic E-state index is -0.151. The molecule has 1 fully saturated rings. The molecule has 0 atom stereocenters. The van der Waals surface area contributed by atoms with Crippen LogP contribution in [0.3, 0.4) is 0 Å². The summed E-state index contributed by atoms with van der Waals surface area (Å²) in [4.78, 5) is 29.2. The van der Waals surface area contributed by atoms with Gasteiger partial charge in [0.15, 0.2) is 0 Å². The van der Waals surface area contributed by atoms with Gasteiger partial charge in [-0.05, 0) is 36.8 Å². The van der Waals surface area contributed by atoms with Crippen LogP contribution in [0.2, 0.25) is 10.0 Å². The second kappa shape index (κ2) is 8.63. The molecular formula is C20H20Cl2N2O3. The van der Waals surface area contributed by atoms with Crippen LogP contribution in [0.1, 0.15) is 27.1 Å². The van der Waals surface area contributed by atoms with Crippen molar-refractivity contribution in [2.75, 3.05) is 33.3 Å². The highest BCUT2D eigenvalue weighted by Crippen LogP contribution is 2.25. The summed E-state index contributed by atoms with van der Waals surface area (Å²) in [6, 6.07) is 12.0. The number of halogens is 2. The molecular weight excluding hydrogens is 387 g/mol. The number of hydrogen-bond donors (Lipinski definition) is 0. The van der Waals surface area contributed by atoms with E-state index in [0.717, 1.165) is 0 Å². The van der Waals surface area contributed by atoms with E-state index in [9.17, 15) is 9.59 Å². The molecule has 27 heavy (non-hydrogen) atoms. The smallest absolute Gasteiger partial charge is 0.257 e. The second-order valence-electron chi connectivity index (χ2n) is 6.26. The summed E-state index contributed by atoms with van der Waals surface area (Å²) in [5.74, 6) is 0.217. The lowest BCUT2D eigenvalue weighted by Gasteiger charge is -2.23. The van der Waals surface area contributed by atoms with Gasteiger partial charge in [0.2, 0.25) is 0 Å². The first-order valence-corrected chi connectivity index (χ1v) is 9.43. The van der Waals surface area contributed by atoms with E-state index in [1.54, 1.807) is 52.3 Å². The summed E-state index contributed by atoms with van der Waals surface area (Å²) in [7, 11) is 1.52. The largest absolute Gasteiger partial charge is 0.496 e.